The maximum Gasteiger partial charge on any atom is 0.405 e. The van der Waals surface area contributed by atoms with Crippen molar-refractivity contribution in [1.82, 2.24) is 14.7 Å². The number of aromatic nitrogens is 2. The maximum atomic E-state index is 12.6. The van der Waals surface area contributed by atoms with Crippen LogP contribution in [0.2, 0.25) is 0 Å². The minimum atomic E-state index is -4.25. The number of pyridine rings is 1. The molecular weight excluding hydrogens is 281 g/mol. The predicted molar refractivity (Wildman–Crippen MR) is 76.5 cm³/mol. The third kappa shape index (κ3) is 3.87. The highest BCUT2D eigenvalue weighted by atomic mass is 19.4. The van der Waals surface area contributed by atoms with E-state index in [1.165, 1.54) is 7.05 Å². The lowest BCUT2D eigenvalue weighted by Crippen LogP contribution is -2.32. The molecule has 7 heteroatoms. The molecule has 0 aliphatic heterocycles. The van der Waals surface area contributed by atoms with Crippen LogP contribution in [0.25, 0.3) is 5.65 Å². The van der Waals surface area contributed by atoms with Crippen LogP contribution in [-0.4, -0.2) is 35.7 Å². The van der Waals surface area contributed by atoms with Crippen LogP contribution in [-0.2, 0) is 6.54 Å². The van der Waals surface area contributed by atoms with Crippen LogP contribution in [0, 0.1) is 0 Å². The van der Waals surface area contributed by atoms with Gasteiger partial charge in [0.2, 0.25) is 0 Å². The molecule has 0 saturated carbocycles. The Morgan fingerprint density at radius 1 is 1.33 bits per heavy atom. The number of alkyl halides is 3. The summed E-state index contributed by atoms with van der Waals surface area (Å²) in [6, 6.07) is 5.44. The molecule has 0 aromatic carbocycles. The Labute approximate surface area is 121 Å². The predicted octanol–water partition coefficient (Wildman–Crippen LogP) is 2.83. The number of nitrogens with zero attached hydrogens (tertiary/aromatic N) is 3. The summed E-state index contributed by atoms with van der Waals surface area (Å²) in [7, 11) is 1.42. The van der Waals surface area contributed by atoms with Gasteiger partial charge in [-0.3, -0.25) is 0 Å². The molecule has 0 atom stereocenters. The Morgan fingerprint density at radius 3 is 2.76 bits per heavy atom. The molecule has 0 aliphatic carbocycles. The van der Waals surface area contributed by atoms with Crippen LogP contribution >= 0.6 is 0 Å². The Balaban J connectivity index is 2.34. The maximum absolute atomic E-state index is 12.6. The first kappa shape index (κ1) is 15.6. The van der Waals surface area contributed by atoms with Gasteiger partial charge in [0, 0.05) is 19.8 Å². The number of hydrogen-bond donors (Lipinski definition) is 1. The van der Waals surface area contributed by atoms with Crippen molar-refractivity contribution in [2.24, 2.45) is 0 Å². The van der Waals surface area contributed by atoms with Crippen molar-refractivity contribution in [3.8, 4) is 0 Å². The number of anilines is 1. The number of hydrogen-bond acceptors (Lipinski definition) is 3. The van der Waals surface area contributed by atoms with E-state index in [4.69, 9.17) is 0 Å². The zero-order valence-corrected chi connectivity index (χ0v) is 12.1. The van der Waals surface area contributed by atoms with Crippen molar-refractivity contribution in [2.75, 3.05) is 25.0 Å². The SMILES string of the molecule is CCCNCc1c(N(C)CC(F)(F)F)nc2ccccn12. The molecule has 1 N–H and O–H groups in total. The van der Waals surface area contributed by atoms with Crippen LogP contribution in [0.15, 0.2) is 24.4 Å². The molecule has 0 bridgehead atoms. The molecule has 0 spiro atoms. The Hall–Kier alpha value is -1.76. The van der Waals surface area contributed by atoms with Crippen molar-refractivity contribution in [1.29, 1.82) is 0 Å². The number of fused-ring (bicyclic) bond motifs is 1. The highest BCUT2D eigenvalue weighted by Gasteiger charge is 2.31. The lowest BCUT2D eigenvalue weighted by molar-refractivity contribution is -0.119. The quantitative estimate of drug-likeness (QED) is 0.833. The molecule has 0 saturated heterocycles. The standard InChI is InChI=1S/C14H19F3N4/c1-3-7-18-9-11-13(20(2)10-14(15,16)17)19-12-6-4-5-8-21(11)12/h4-6,8,18H,3,7,9-10H2,1-2H3. The summed E-state index contributed by atoms with van der Waals surface area (Å²) in [5.74, 6) is 0.363. The molecule has 21 heavy (non-hydrogen) atoms. The van der Waals surface area contributed by atoms with Crippen molar-refractivity contribution in [2.45, 2.75) is 26.1 Å². The molecule has 0 radical (unpaired) electrons. The number of nitrogens with one attached hydrogen (secondary N) is 1. The second-order valence-corrected chi connectivity index (χ2v) is 4.96. The van der Waals surface area contributed by atoms with E-state index in [2.05, 4.69) is 10.3 Å². The first-order chi connectivity index (χ1) is 9.92. The highest BCUT2D eigenvalue weighted by Crippen LogP contribution is 2.24. The van der Waals surface area contributed by atoms with Gasteiger partial charge in [-0.1, -0.05) is 13.0 Å². The summed E-state index contributed by atoms with van der Waals surface area (Å²) in [6.07, 6.45) is -1.47. The molecule has 116 valence electrons. The van der Waals surface area contributed by atoms with E-state index in [1.807, 2.05) is 29.7 Å². The Bertz CT molecular complexity index is 591. The molecular formula is C14H19F3N4. The second kappa shape index (κ2) is 6.34. The zero-order chi connectivity index (χ0) is 15.5. The average molecular weight is 300 g/mol. The molecule has 0 fully saturated rings. The lowest BCUT2D eigenvalue weighted by Gasteiger charge is -2.20. The van der Waals surface area contributed by atoms with E-state index in [9.17, 15) is 13.2 Å². The second-order valence-electron chi connectivity index (χ2n) is 4.96. The fourth-order valence-corrected chi connectivity index (χ4v) is 2.23. The smallest absolute Gasteiger partial charge is 0.349 e. The minimum Gasteiger partial charge on any atom is -0.349 e. The van der Waals surface area contributed by atoms with Crippen LogP contribution in [0.4, 0.5) is 19.0 Å². The molecule has 2 rings (SSSR count). The van der Waals surface area contributed by atoms with Crippen molar-refractivity contribution in [3.05, 3.63) is 30.1 Å². The van der Waals surface area contributed by atoms with Crippen LogP contribution in [0.3, 0.4) is 0 Å². The van der Waals surface area contributed by atoms with Gasteiger partial charge in [-0.25, -0.2) is 4.98 Å². The average Bonchev–Trinajstić information content (AvgIpc) is 2.76. The van der Waals surface area contributed by atoms with Crippen molar-refractivity contribution < 1.29 is 13.2 Å². The van der Waals surface area contributed by atoms with Gasteiger partial charge in [-0.05, 0) is 25.1 Å². The van der Waals surface area contributed by atoms with Gasteiger partial charge in [0.1, 0.15) is 12.2 Å². The first-order valence-corrected chi connectivity index (χ1v) is 6.87. The lowest BCUT2D eigenvalue weighted by atomic mass is 10.3. The molecule has 2 aromatic heterocycles. The van der Waals surface area contributed by atoms with E-state index in [0.29, 0.717) is 18.0 Å². The normalized spacial score (nSPS) is 12.0. The van der Waals surface area contributed by atoms with E-state index < -0.39 is 12.7 Å². The summed E-state index contributed by atoms with van der Waals surface area (Å²) < 4.78 is 39.6. The third-order valence-corrected chi connectivity index (χ3v) is 3.10. The molecule has 0 amide bonds. The van der Waals surface area contributed by atoms with Gasteiger partial charge in [0.05, 0.1) is 5.69 Å². The first-order valence-electron chi connectivity index (χ1n) is 6.87. The molecule has 0 aliphatic rings. The summed E-state index contributed by atoms with van der Waals surface area (Å²) in [6.45, 7) is 2.31. The summed E-state index contributed by atoms with van der Waals surface area (Å²) in [4.78, 5) is 5.47. The number of rotatable bonds is 6. The van der Waals surface area contributed by atoms with Crippen LogP contribution in [0.1, 0.15) is 19.0 Å². The Morgan fingerprint density at radius 2 is 2.10 bits per heavy atom. The topological polar surface area (TPSA) is 32.6 Å². The monoisotopic (exact) mass is 300 g/mol. The Kier molecular flexibility index (Phi) is 4.72. The van der Waals surface area contributed by atoms with E-state index in [0.717, 1.165) is 23.6 Å². The van der Waals surface area contributed by atoms with Gasteiger partial charge < -0.3 is 14.6 Å². The van der Waals surface area contributed by atoms with Gasteiger partial charge in [0.25, 0.3) is 0 Å². The largest absolute Gasteiger partial charge is 0.405 e. The van der Waals surface area contributed by atoms with Gasteiger partial charge in [-0.2, -0.15) is 13.2 Å². The summed E-state index contributed by atoms with van der Waals surface area (Å²) >= 11 is 0. The molecule has 2 aromatic rings. The molecule has 2 heterocycles. The van der Waals surface area contributed by atoms with E-state index in [1.54, 1.807) is 6.07 Å². The number of imidazole rings is 1. The highest BCUT2D eigenvalue weighted by molar-refractivity contribution is 5.55. The van der Waals surface area contributed by atoms with E-state index in [-0.39, 0.29) is 0 Å². The summed E-state index contributed by atoms with van der Waals surface area (Å²) in [5.41, 5.74) is 1.39. The fourth-order valence-electron chi connectivity index (χ4n) is 2.23. The van der Waals surface area contributed by atoms with E-state index >= 15 is 0 Å². The van der Waals surface area contributed by atoms with Crippen LogP contribution < -0.4 is 10.2 Å². The molecule has 0 unspecified atom stereocenters. The number of halogens is 3. The fraction of sp³-hybridized carbons (Fsp3) is 0.500. The summed E-state index contributed by atoms with van der Waals surface area (Å²) in [5, 5.41) is 3.22. The van der Waals surface area contributed by atoms with Crippen molar-refractivity contribution >= 4 is 11.5 Å². The van der Waals surface area contributed by atoms with Gasteiger partial charge in [0.15, 0.2) is 5.82 Å². The van der Waals surface area contributed by atoms with Gasteiger partial charge >= 0.3 is 6.18 Å². The van der Waals surface area contributed by atoms with Crippen LogP contribution in [0.5, 0.6) is 0 Å². The van der Waals surface area contributed by atoms with Gasteiger partial charge in [-0.15, -0.1) is 0 Å². The zero-order valence-electron chi connectivity index (χ0n) is 12.1. The third-order valence-electron chi connectivity index (χ3n) is 3.10. The minimum absolute atomic E-state index is 0.363. The molecule has 4 nitrogen and oxygen atoms in total. The van der Waals surface area contributed by atoms with Crippen molar-refractivity contribution in [3.63, 3.8) is 0 Å².